The SMILES string of the molecule is CCCC1CN=C(Nc2ccc3ncsc3c2)S1. The standard InChI is InChI=1S/C13H15N3S2/c1-2-3-10-7-14-13(18-10)16-9-4-5-11-12(6-9)17-8-15-11/h4-6,8,10H,2-3,7H2,1H3,(H,14,16). The zero-order valence-corrected chi connectivity index (χ0v) is 11.9. The van der Waals surface area contributed by atoms with Gasteiger partial charge in [0.15, 0.2) is 5.17 Å². The van der Waals surface area contributed by atoms with E-state index in [0.29, 0.717) is 5.25 Å². The van der Waals surface area contributed by atoms with Crippen molar-refractivity contribution in [3.63, 3.8) is 0 Å². The van der Waals surface area contributed by atoms with E-state index in [1.54, 1.807) is 11.3 Å². The highest BCUT2D eigenvalue weighted by molar-refractivity contribution is 8.15. The Morgan fingerprint density at radius 3 is 3.28 bits per heavy atom. The van der Waals surface area contributed by atoms with E-state index in [-0.39, 0.29) is 0 Å². The van der Waals surface area contributed by atoms with Gasteiger partial charge in [0, 0.05) is 10.9 Å². The molecular weight excluding hydrogens is 262 g/mol. The molecule has 94 valence electrons. The van der Waals surface area contributed by atoms with Crippen molar-refractivity contribution < 1.29 is 0 Å². The summed E-state index contributed by atoms with van der Waals surface area (Å²) in [4.78, 5) is 8.84. The number of amidine groups is 1. The number of thioether (sulfide) groups is 1. The summed E-state index contributed by atoms with van der Waals surface area (Å²) in [6.07, 6.45) is 2.47. The number of nitrogens with one attached hydrogen (secondary N) is 1. The Balaban J connectivity index is 1.69. The van der Waals surface area contributed by atoms with Crippen LogP contribution in [0.3, 0.4) is 0 Å². The molecule has 1 aliphatic rings. The van der Waals surface area contributed by atoms with Gasteiger partial charge >= 0.3 is 0 Å². The van der Waals surface area contributed by atoms with E-state index < -0.39 is 0 Å². The molecule has 1 aliphatic heterocycles. The Labute approximate surface area is 115 Å². The van der Waals surface area contributed by atoms with E-state index in [4.69, 9.17) is 0 Å². The predicted octanol–water partition coefficient (Wildman–Crippen LogP) is 3.98. The second-order valence-electron chi connectivity index (χ2n) is 4.33. The summed E-state index contributed by atoms with van der Waals surface area (Å²) in [7, 11) is 0. The van der Waals surface area contributed by atoms with Gasteiger partial charge in [0.05, 0.1) is 22.3 Å². The normalized spacial score (nSPS) is 19.2. The maximum Gasteiger partial charge on any atom is 0.161 e. The topological polar surface area (TPSA) is 37.3 Å². The number of aliphatic imine (C=N–C) groups is 1. The quantitative estimate of drug-likeness (QED) is 0.922. The molecule has 1 N–H and O–H groups in total. The summed E-state index contributed by atoms with van der Waals surface area (Å²) < 4.78 is 1.22. The van der Waals surface area contributed by atoms with Crippen LogP contribution >= 0.6 is 23.1 Å². The van der Waals surface area contributed by atoms with Gasteiger partial charge in [-0.1, -0.05) is 25.1 Å². The van der Waals surface area contributed by atoms with Crippen LogP contribution in [0.4, 0.5) is 5.69 Å². The third-order valence-electron chi connectivity index (χ3n) is 2.91. The van der Waals surface area contributed by atoms with Crippen LogP contribution in [0, 0.1) is 0 Å². The first-order valence-electron chi connectivity index (χ1n) is 6.16. The Morgan fingerprint density at radius 2 is 2.39 bits per heavy atom. The Morgan fingerprint density at radius 1 is 1.44 bits per heavy atom. The lowest BCUT2D eigenvalue weighted by Gasteiger charge is -2.07. The number of thiazole rings is 1. The average molecular weight is 277 g/mol. The minimum atomic E-state index is 0.657. The van der Waals surface area contributed by atoms with Crippen molar-refractivity contribution in [2.45, 2.75) is 25.0 Å². The molecule has 1 unspecified atom stereocenters. The fourth-order valence-corrected chi connectivity index (χ4v) is 3.88. The molecule has 1 atom stereocenters. The van der Waals surface area contributed by atoms with Crippen LogP contribution in [0.5, 0.6) is 0 Å². The molecule has 18 heavy (non-hydrogen) atoms. The van der Waals surface area contributed by atoms with Crippen LogP contribution in [0.1, 0.15) is 19.8 Å². The van der Waals surface area contributed by atoms with E-state index in [0.717, 1.165) is 22.9 Å². The second-order valence-corrected chi connectivity index (χ2v) is 6.51. The van der Waals surface area contributed by atoms with Crippen molar-refractivity contribution in [3.8, 4) is 0 Å². The number of nitrogens with zero attached hydrogens (tertiary/aromatic N) is 2. The lowest BCUT2D eigenvalue weighted by atomic mass is 10.2. The van der Waals surface area contributed by atoms with Crippen LogP contribution in [-0.4, -0.2) is 21.9 Å². The van der Waals surface area contributed by atoms with Gasteiger partial charge in [-0.15, -0.1) is 11.3 Å². The van der Waals surface area contributed by atoms with Gasteiger partial charge in [-0.25, -0.2) is 4.98 Å². The molecule has 3 nitrogen and oxygen atoms in total. The number of anilines is 1. The maximum atomic E-state index is 4.56. The summed E-state index contributed by atoms with van der Waals surface area (Å²) in [5.41, 5.74) is 4.05. The fraction of sp³-hybridized carbons (Fsp3) is 0.385. The summed E-state index contributed by atoms with van der Waals surface area (Å²) in [6.45, 7) is 3.17. The van der Waals surface area contributed by atoms with Crippen LogP contribution < -0.4 is 5.32 Å². The smallest absolute Gasteiger partial charge is 0.161 e. The predicted molar refractivity (Wildman–Crippen MR) is 81.8 cm³/mol. The minimum Gasteiger partial charge on any atom is -0.335 e. The van der Waals surface area contributed by atoms with Crippen molar-refractivity contribution in [1.82, 2.24) is 4.98 Å². The minimum absolute atomic E-state index is 0.657. The highest BCUT2D eigenvalue weighted by Gasteiger charge is 2.18. The molecule has 1 aromatic heterocycles. The molecule has 3 rings (SSSR count). The zero-order chi connectivity index (χ0) is 12.4. The van der Waals surface area contributed by atoms with Crippen LogP contribution in [0.25, 0.3) is 10.2 Å². The average Bonchev–Trinajstić information content (AvgIpc) is 2.98. The van der Waals surface area contributed by atoms with Gasteiger partial charge in [-0.2, -0.15) is 0 Å². The second kappa shape index (κ2) is 5.28. The molecule has 0 saturated carbocycles. The molecule has 0 fully saturated rings. The van der Waals surface area contributed by atoms with Crippen molar-refractivity contribution in [2.24, 2.45) is 4.99 Å². The lowest BCUT2D eigenvalue weighted by molar-refractivity contribution is 0.754. The molecule has 0 bridgehead atoms. The number of rotatable bonds is 3. The van der Waals surface area contributed by atoms with Crippen LogP contribution in [0.2, 0.25) is 0 Å². The zero-order valence-electron chi connectivity index (χ0n) is 10.2. The molecule has 0 spiro atoms. The number of aromatic nitrogens is 1. The monoisotopic (exact) mass is 277 g/mol. The molecule has 2 aromatic rings. The molecule has 0 aliphatic carbocycles. The van der Waals surface area contributed by atoms with Crippen LogP contribution in [-0.2, 0) is 0 Å². The summed E-state index contributed by atoms with van der Waals surface area (Å²) in [5, 5.41) is 5.11. The molecule has 2 heterocycles. The molecule has 5 heteroatoms. The van der Waals surface area contributed by atoms with E-state index in [1.165, 1.54) is 17.5 Å². The summed E-state index contributed by atoms with van der Waals surface area (Å²) in [6, 6.07) is 6.26. The van der Waals surface area contributed by atoms with Gasteiger partial charge < -0.3 is 5.32 Å². The number of hydrogen-bond donors (Lipinski definition) is 1. The number of hydrogen-bond acceptors (Lipinski definition) is 5. The highest BCUT2D eigenvalue weighted by Crippen LogP contribution is 2.27. The Hall–Kier alpha value is -1.07. The van der Waals surface area contributed by atoms with E-state index >= 15 is 0 Å². The van der Waals surface area contributed by atoms with Crippen molar-refractivity contribution in [2.75, 3.05) is 11.9 Å². The fourth-order valence-electron chi connectivity index (χ4n) is 2.01. The molecule has 1 aromatic carbocycles. The van der Waals surface area contributed by atoms with Crippen molar-refractivity contribution in [3.05, 3.63) is 23.7 Å². The van der Waals surface area contributed by atoms with Crippen molar-refractivity contribution >= 4 is 44.2 Å². The lowest BCUT2D eigenvalue weighted by Crippen LogP contribution is -2.07. The van der Waals surface area contributed by atoms with E-state index in [1.807, 2.05) is 17.3 Å². The Kier molecular flexibility index (Phi) is 3.52. The largest absolute Gasteiger partial charge is 0.335 e. The third kappa shape index (κ3) is 2.52. The van der Waals surface area contributed by atoms with Gasteiger partial charge in [0.2, 0.25) is 0 Å². The van der Waals surface area contributed by atoms with E-state index in [2.05, 4.69) is 40.4 Å². The van der Waals surface area contributed by atoms with Crippen LogP contribution in [0.15, 0.2) is 28.7 Å². The third-order valence-corrected chi connectivity index (χ3v) is 4.87. The molecule has 0 radical (unpaired) electrons. The first kappa shape index (κ1) is 12.0. The van der Waals surface area contributed by atoms with Gasteiger partial charge in [-0.3, -0.25) is 4.99 Å². The van der Waals surface area contributed by atoms with E-state index in [9.17, 15) is 0 Å². The Bertz CT molecular complexity index is 576. The van der Waals surface area contributed by atoms with Crippen molar-refractivity contribution in [1.29, 1.82) is 0 Å². The number of fused-ring (bicyclic) bond motifs is 1. The highest BCUT2D eigenvalue weighted by atomic mass is 32.2. The first-order valence-corrected chi connectivity index (χ1v) is 7.92. The summed E-state index contributed by atoms with van der Waals surface area (Å²) in [5.74, 6) is 0. The van der Waals surface area contributed by atoms with Gasteiger partial charge in [-0.05, 0) is 24.6 Å². The molecule has 0 saturated heterocycles. The molecular formula is C13H15N3S2. The van der Waals surface area contributed by atoms with Gasteiger partial charge in [0.25, 0.3) is 0 Å². The van der Waals surface area contributed by atoms with Gasteiger partial charge in [0.1, 0.15) is 0 Å². The molecule has 0 amide bonds. The maximum absolute atomic E-state index is 4.56. The first-order chi connectivity index (χ1) is 8.85. The summed E-state index contributed by atoms with van der Waals surface area (Å²) >= 11 is 3.53. The number of benzene rings is 1.